The van der Waals surface area contributed by atoms with Crippen molar-refractivity contribution in [2.24, 2.45) is 17.3 Å². The minimum atomic E-state index is -0.299. The molecule has 4 saturated carbocycles. The molecular formula is C19H23BrO3. The van der Waals surface area contributed by atoms with Crippen LogP contribution in [0.1, 0.15) is 45.4 Å². The first-order valence-electron chi connectivity index (χ1n) is 8.65. The van der Waals surface area contributed by atoms with Crippen molar-refractivity contribution in [3.63, 3.8) is 0 Å². The molecule has 4 aliphatic carbocycles. The largest absolute Gasteiger partial charge is 0.490 e. The van der Waals surface area contributed by atoms with Crippen molar-refractivity contribution in [1.29, 1.82) is 0 Å². The van der Waals surface area contributed by atoms with Crippen molar-refractivity contribution < 1.29 is 14.3 Å². The normalized spacial score (nSPS) is 37.7. The second-order valence-corrected chi connectivity index (χ2v) is 9.34. The van der Waals surface area contributed by atoms with Crippen molar-refractivity contribution in [3.05, 3.63) is 24.3 Å². The maximum atomic E-state index is 13.1. The topological polar surface area (TPSA) is 35.5 Å². The van der Waals surface area contributed by atoms with Gasteiger partial charge < -0.3 is 9.47 Å². The number of halogens is 1. The Kier molecular flexibility index (Phi) is 3.71. The Morgan fingerprint density at radius 1 is 1.17 bits per heavy atom. The van der Waals surface area contributed by atoms with Gasteiger partial charge in [-0.2, -0.15) is 0 Å². The molecule has 4 aliphatic rings. The van der Waals surface area contributed by atoms with Gasteiger partial charge in [0.25, 0.3) is 0 Å². The van der Waals surface area contributed by atoms with E-state index in [1.54, 1.807) is 0 Å². The van der Waals surface area contributed by atoms with Gasteiger partial charge >= 0.3 is 5.97 Å². The number of hydrogen-bond acceptors (Lipinski definition) is 3. The molecule has 0 N–H and O–H groups in total. The molecule has 4 heteroatoms. The third kappa shape index (κ3) is 2.69. The van der Waals surface area contributed by atoms with Gasteiger partial charge in [0.2, 0.25) is 0 Å². The predicted molar refractivity (Wildman–Crippen MR) is 92.0 cm³/mol. The van der Waals surface area contributed by atoms with Gasteiger partial charge in [0.05, 0.1) is 12.0 Å². The van der Waals surface area contributed by atoms with Crippen LogP contribution < -0.4 is 9.47 Å². The fraction of sp³-hybridized carbons (Fsp3) is 0.632. The number of alkyl halides is 1. The summed E-state index contributed by atoms with van der Waals surface area (Å²) in [5, 5.41) is 0. The van der Waals surface area contributed by atoms with Crippen LogP contribution in [0.15, 0.2) is 24.3 Å². The Morgan fingerprint density at radius 3 is 2.43 bits per heavy atom. The van der Waals surface area contributed by atoms with Crippen LogP contribution >= 0.6 is 15.9 Å². The molecule has 5 rings (SSSR count). The summed E-state index contributed by atoms with van der Waals surface area (Å²) in [6.45, 7) is 2.50. The molecule has 124 valence electrons. The Bertz CT molecular complexity index is 613. The van der Waals surface area contributed by atoms with Crippen molar-refractivity contribution in [2.75, 3.05) is 6.61 Å². The lowest BCUT2D eigenvalue weighted by Crippen LogP contribution is -2.56. The van der Waals surface area contributed by atoms with Gasteiger partial charge in [0.15, 0.2) is 11.5 Å². The summed E-state index contributed by atoms with van der Waals surface area (Å²) in [6.07, 6.45) is 6.63. The number of hydrogen-bond donors (Lipinski definition) is 0. The summed E-state index contributed by atoms with van der Waals surface area (Å²) in [7, 11) is 0. The number of carbonyl (C=O) groups excluding carboxylic acids is 1. The van der Waals surface area contributed by atoms with Crippen molar-refractivity contribution in [1.82, 2.24) is 0 Å². The highest BCUT2D eigenvalue weighted by Crippen LogP contribution is 2.64. The molecule has 1 aromatic carbocycles. The van der Waals surface area contributed by atoms with E-state index in [1.807, 2.05) is 31.2 Å². The SMILES string of the molecule is CCOc1ccccc1OC(=O)C12CC3CC(CC(Br)(C3)C1)C2. The van der Waals surface area contributed by atoms with Gasteiger partial charge in [-0.25, -0.2) is 0 Å². The van der Waals surface area contributed by atoms with Crippen LogP contribution in [0.5, 0.6) is 11.5 Å². The van der Waals surface area contributed by atoms with Crippen LogP contribution in [-0.2, 0) is 4.79 Å². The summed E-state index contributed by atoms with van der Waals surface area (Å²) in [6, 6.07) is 7.47. The quantitative estimate of drug-likeness (QED) is 0.431. The van der Waals surface area contributed by atoms with E-state index in [0.717, 1.165) is 19.3 Å². The third-order valence-corrected chi connectivity index (χ3v) is 6.70. The third-order valence-electron chi connectivity index (χ3n) is 5.77. The molecule has 2 unspecified atom stereocenters. The fourth-order valence-electron chi connectivity index (χ4n) is 5.41. The van der Waals surface area contributed by atoms with Gasteiger partial charge in [-0.15, -0.1) is 0 Å². The minimum absolute atomic E-state index is 0.0532. The van der Waals surface area contributed by atoms with Crippen LogP contribution in [0.3, 0.4) is 0 Å². The Hall–Kier alpha value is -1.03. The molecule has 2 atom stereocenters. The maximum Gasteiger partial charge on any atom is 0.317 e. The lowest BCUT2D eigenvalue weighted by molar-refractivity contribution is -0.159. The molecule has 4 bridgehead atoms. The number of para-hydroxylation sites is 2. The maximum absolute atomic E-state index is 13.1. The molecule has 0 amide bonds. The highest BCUT2D eigenvalue weighted by atomic mass is 79.9. The van der Waals surface area contributed by atoms with Gasteiger partial charge in [-0.3, -0.25) is 4.79 Å². The van der Waals surface area contributed by atoms with Gasteiger partial charge in [-0.05, 0) is 69.4 Å². The first-order chi connectivity index (χ1) is 11.0. The van der Waals surface area contributed by atoms with E-state index in [9.17, 15) is 4.79 Å². The van der Waals surface area contributed by atoms with E-state index < -0.39 is 0 Å². The van der Waals surface area contributed by atoms with E-state index in [4.69, 9.17) is 9.47 Å². The van der Waals surface area contributed by atoms with E-state index >= 15 is 0 Å². The van der Waals surface area contributed by atoms with Crippen LogP contribution in [0.25, 0.3) is 0 Å². The monoisotopic (exact) mass is 378 g/mol. The molecule has 1 aromatic rings. The lowest BCUT2D eigenvalue weighted by atomic mass is 9.49. The highest BCUT2D eigenvalue weighted by molar-refractivity contribution is 9.10. The molecule has 0 aromatic heterocycles. The van der Waals surface area contributed by atoms with Crippen molar-refractivity contribution in [2.45, 2.75) is 49.8 Å². The average Bonchev–Trinajstić information content (AvgIpc) is 2.47. The Balaban J connectivity index is 1.58. The molecule has 23 heavy (non-hydrogen) atoms. The van der Waals surface area contributed by atoms with E-state index in [-0.39, 0.29) is 15.7 Å². The van der Waals surface area contributed by atoms with Crippen LogP contribution in [-0.4, -0.2) is 16.9 Å². The summed E-state index contributed by atoms with van der Waals surface area (Å²) in [5.41, 5.74) is -0.299. The summed E-state index contributed by atoms with van der Waals surface area (Å²) >= 11 is 3.95. The Morgan fingerprint density at radius 2 is 1.83 bits per heavy atom. The molecule has 4 fully saturated rings. The molecular weight excluding hydrogens is 356 g/mol. The van der Waals surface area contributed by atoms with E-state index in [2.05, 4.69) is 15.9 Å². The fourth-order valence-corrected chi connectivity index (χ4v) is 6.86. The summed E-state index contributed by atoms with van der Waals surface area (Å²) in [4.78, 5) is 13.1. The molecule has 0 heterocycles. The van der Waals surface area contributed by atoms with E-state index in [1.165, 1.54) is 19.3 Å². The zero-order valence-electron chi connectivity index (χ0n) is 13.5. The molecule has 0 radical (unpaired) electrons. The predicted octanol–water partition coefficient (Wildman–Crippen LogP) is 4.72. The molecule has 0 spiro atoms. The summed E-state index contributed by atoms with van der Waals surface area (Å²) < 4.78 is 11.6. The Labute approximate surface area is 145 Å². The van der Waals surface area contributed by atoms with Crippen LogP contribution in [0, 0.1) is 17.3 Å². The van der Waals surface area contributed by atoms with E-state index in [0.29, 0.717) is 29.9 Å². The van der Waals surface area contributed by atoms with Crippen LogP contribution in [0.4, 0.5) is 0 Å². The first-order valence-corrected chi connectivity index (χ1v) is 9.44. The summed E-state index contributed by atoms with van der Waals surface area (Å²) in [5.74, 6) is 2.50. The smallest absolute Gasteiger partial charge is 0.317 e. The molecule has 0 saturated heterocycles. The van der Waals surface area contributed by atoms with Gasteiger partial charge in [0.1, 0.15) is 0 Å². The zero-order chi connectivity index (χ0) is 16.1. The highest BCUT2D eigenvalue weighted by Gasteiger charge is 2.60. The zero-order valence-corrected chi connectivity index (χ0v) is 15.1. The number of benzene rings is 1. The molecule has 0 aliphatic heterocycles. The number of ether oxygens (including phenoxy) is 2. The van der Waals surface area contributed by atoms with Gasteiger partial charge in [0, 0.05) is 4.32 Å². The number of esters is 1. The van der Waals surface area contributed by atoms with Crippen LogP contribution in [0.2, 0.25) is 0 Å². The molecule has 3 nitrogen and oxygen atoms in total. The number of rotatable bonds is 4. The van der Waals surface area contributed by atoms with Gasteiger partial charge in [-0.1, -0.05) is 28.1 Å². The average molecular weight is 379 g/mol. The van der Waals surface area contributed by atoms with Crippen molar-refractivity contribution in [3.8, 4) is 11.5 Å². The minimum Gasteiger partial charge on any atom is -0.490 e. The standard InChI is InChI=1S/C19H23BrO3/c1-2-22-15-5-3-4-6-16(15)23-17(21)18-8-13-7-14(9-18)11-19(20,10-13)12-18/h3-6,13-14H,2,7-12H2,1H3. The second kappa shape index (κ2) is 5.51. The second-order valence-electron chi connectivity index (χ2n) is 7.66. The lowest BCUT2D eigenvalue weighted by Gasteiger charge is -2.58. The first kappa shape index (κ1) is 15.5. The van der Waals surface area contributed by atoms with Crippen molar-refractivity contribution >= 4 is 21.9 Å². The number of carbonyl (C=O) groups is 1.